The van der Waals surface area contributed by atoms with Crippen molar-refractivity contribution in [1.29, 1.82) is 0 Å². The average Bonchev–Trinajstić information content (AvgIpc) is 2.93. The Balaban J connectivity index is 1.77. The zero-order chi connectivity index (χ0) is 29.0. The van der Waals surface area contributed by atoms with E-state index in [9.17, 15) is 23.3 Å². The van der Waals surface area contributed by atoms with Crippen LogP contribution in [-0.4, -0.2) is 68.2 Å². The highest BCUT2D eigenvalue weighted by atomic mass is 19.4. The largest absolute Gasteiger partial charge is 0.416 e. The van der Waals surface area contributed by atoms with Crippen molar-refractivity contribution in [1.82, 2.24) is 9.97 Å². The summed E-state index contributed by atoms with van der Waals surface area (Å²) in [7, 11) is 2.89. The molecule has 15 heteroatoms. The average molecular weight is 569 g/mol. The second kappa shape index (κ2) is 12.1. The molecule has 11 nitrogen and oxygen atoms in total. The summed E-state index contributed by atoms with van der Waals surface area (Å²) in [5, 5.41) is 17.7. The molecule has 1 atom stereocenters. The third-order valence-electron chi connectivity index (χ3n) is 6.40. The lowest BCUT2D eigenvalue weighted by Gasteiger charge is -2.29. The molecule has 0 amide bonds. The number of halogens is 4. The summed E-state index contributed by atoms with van der Waals surface area (Å²) < 4.78 is 71.3. The van der Waals surface area contributed by atoms with E-state index in [4.69, 9.17) is 14.2 Å². The zero-order valence-electron chi connectivity index (χ0n) is 21.9. The van der Waals surface area contributed by atoms with Crippen LogP contribution < -0.4 is 15.5 Å². The number of hydrogen-bond acceptors (Lipinski definition) is 10. The number of nitro benzene ring substituents is 1. The normalized spacial score (nSPS) is 14.9. The van der Waals surface area contributed by atoms with E-state index in [-0.39, 0.29) is 29.4 Å². The Kier molecular flexibility index (Phi) is 8.85. The van der Waals surface area contributed by atoms with Crippen LogP contribution in [0.4, 0.5) is 40.7 Å². The number of nitro groups is 1. The van der Waals surface area contributed by atoms with E-state index in [0.29, 0.717) is 43.4 Å². The fourth-order valence-corrected chi connectivity index (χ4v) is 4.25. The van der Waals surface area contributed by atoms with Gasteiger partial charge >= 0.3 is 6.18 Å². The Morgan fingerprint density at radius 3 is 2.45 bits per heavy atom. The second-order valence-electron chi connectivity index (χ2n) is 9.03. The van der Waals surface area contributed by atoms with Crippen LogP contribution in [-0.2, 0) is 20.4 Å². The Labute approximate surface area is 226 Å². The summed E-state index contributed by atoms with van der Waals surface area (Å²) in [5.74, 6) is -0.256. The van der Waals surface area contributed by atoms with Crippen molar-refractivity contribution in [3.63, 3.8) is 0 Å². The molecule has 0 spiro atoms. The van der Waals surface area contributed by atoms with Crippen molar-refractivity contribution in [2.45, 2.75) is 25.4 Å². The van der Waals surface area contributed by atoms with Crippen molar-refractivity contribution < 1.29 is 36.7 Å². The van der Waals surface area contributed by atoms with Gasteiger partial charge in [-0.1, -0.05) is 0 Å². The summed E-state index contributed by atoms with van der Waals surface area (Å²) in [6.07, 6.45) is -5.43. The van der Waals surface area contributed by atoms with Crippen LogP contribution in [0.5, 0.6) is 0 Å². The zero-order valence-corrected chi connectivity index (χ0v) is 21.9. The number of non-ortho nitro benzene ring substituents is 1. The van der Waals surface area contributed by atoms with Crippen molar-refractivity contribution >= 4 is 34.0 Å². The molecule has 0 bridgehead atoms. The lowest BCUT2D eigenvalue weighted by molar-refractivity contribution is -0.385. The van der Waals surface area contributed by atoms with Crippen molar-refractivity contribution in [3.05, 3.63) is 57.4 Å². The van der Waals surface area contributed by atoms with Gasteiger partial charge < -0.3 is 29.7 Å². The number of nitrogens with one attached hydrogen (secondary N) is 2. The first-order valence-corrected chi connectivity index (χ1v) is 12.3. The minimum atomic E-state index is -4.79. The lowest BCUT2D eigenvalue weighted by Crippen LogP contribution is -2.36. The maximum Gasteiger partial charge on any atom is 0.416 e. The summed E-state index contributed by atoms with van der Waals surface area (Å²) in [6.45, 7) is 3.46. The Morgan fingerprint density at radius 2 is 1.82 bits per heavy atom. The minimum absolute atomic E-state index is 0.0112. The molecule has 40 heavy (non-hydrogen) atoms. The predicted octanol–water partition coefficient (Wildman–Crippen LogP) is 4.74. The van der Waals surface area contributed by atoms with Gasteiger partial charge in [-0.05, 0) is 24.6 Å². The van der Waals surface area contributed by atoms with Gasteiger partial charge in [-0.25, -0.2) is 9.37 Å². The number of benzene rings is 2. The molecule has 1 aliphatic heterocycles. The van der Waals surface area contributed by atoms with E-state index in [1.165, 1.54) is 20.3 Å². The van der Waals surface area contributed by atoms with E-state index >= 15 is 4.39 Å². The maximum absolute atomic E-state index is 15.2. The van der Waals surface area contributed by atoms with Crippen LogP contribution in [0.2, 0.25) is 0 Å². The molecule has 0 radical (unpaired) electrons. The fourth-order valence-electron chi connectivity index (χ4n) is 4.25. The van der Waals surface area contributed by atoms with E-state index in [2.05, 4.69) is 20.6 Å². The molecule has 1 unspecified atom stereocenters. The molecule has 4 rings (SSSR count). The first-order valence-electron chi connectivity index (χ1n) is 12.3. The monoisotopic (exact) mass is 568 g/mol. The van der Waals surface area contributed by atoms with Crippen LogP contribution >= 0.6 is 0 Å². The fraction of sp³-hybridized carbons (Fsp3) is 0.440. The number of hydrogen-bond donors (Lipinski definition) is 2. The number of alkyl halides is 3. The van der Waals surface area contributed by atoms with Gasteiger partial charge in [-0.15, -0.1) is 0 Å². The molecule has 1 aromatic heterocycles. The van der Waals surface area contributed by atoms with Crippen LogP contribution in [0.15, 0.2) is 30.3 Å². The molecule has 0 saturated carbocycles. The van der Waals surface area contributed by atoms with Gasteiger partial charge in [0, 0.05) is 50.9 Å². The highest BCUT2D eigenvalue weighted by Gasteiger charge is 2.33. The van der Waals surface area contributed by atoms with E-state index in [1.807, 2.05) is 4.90 Å². The van der Waals surface area contributed by atoms with Crippen molar-refractivity contribution in [2.24, 2.45) is 0 Å². The number of methoxy groups -OCH3 is 2. The maximum atomic E-state index is 15.2. The second-order valence-corrected chi connectivity index (χ2v) is 9.03. The highest BCUT2D eigenvalue weighted by molar-refractivity contribution is 5.93. The molecule has 3 aromatic rings. The lowest BCUT2D eigenvalue weighted by atomic mass is 10.0. The van der Waals surface area contributed by atoms with E-state index < -0.39 is 40.5 Å². The molecule has 1 fully saturated rings. The first-order chi connectivity index (χ1) is 19.0. The molecule has 216 valence electrons. The first kappa shape index (κ1) is 29.2. The molecule has 2 heterocycles. The number of anilines is 3. The third kappa shape index (κ3) is 6.66. The van der Waals surface area contributed by atoms with Gasteiger partial charge in [-0.3, -0.25) is 10.1 Å². The predicted molar refractivity (Wildman–Crippen MR) is 139 cm³/mol. The number of nitrogens with zero attached hydrogens (tertiary/aromatic N) is 4. The molecule has 0 aliphatic carbocycles. The number of rotatable bonds is 10. The molecular weight excluding hydrogens is 540 g/mol. The number of ether oxygens (including phenoxy) is 3. The molecule has 2 aromatic carbocycles. The van der Waals surface area contributed by atoms with Gasteiger partial charge in [-0.2, -0.15) is 18.2 Å². The molecular formula is C25H28F4N6O5. The molecule has 1 saturated heterocycles. The van der Waals surface area contributed by atoms with Gasteiger partial charge in [0.2, 0.25) is 5.95 Å². The Hall–Kier alpha value is -3.82. The third-order valence-corrected chi connectivity index (χ3v) is 6.40. The smallest absolute Gasteiger partial charge is 0.378 e. The quantitative estimate of drug-likeness (QED) is 0.153. The highest BCUT2D eigenvalue weighted by Crippen LogP contribution is 2.36. The van der Waals surface area contributed by atoms with Gasteiger partial charge in [0.25, 0.3) is 5.69 Å². The van der Waals surface area contributed by atoms with Crippen molar-refractivity contribution in [2.75, 3.05) is 62.6 Å². The van der Waals surface area contributed by atoms with Crippen molar-refractivity contribution in [3.8, 4) is 0 Å². The Morgan fingerprint density at radius 1 is 1.12 bits per heavy atom. The summed E-state index contributed by atoms with van der Waals surface area (Å²) in [6, 6.07) is 4.34. The van der Waals surface area contributed by atoms with Crippen LogP contribution in [0.3, 0.4) is 0 Å². The van der Waals surface area contributed by atoms with Crippen LogP contribution in [0, 0.1) is 15.9 Å². The van der Waals surface area contributed by atoms with Crippen LogP contribution in [0.1, 0.15) is 24.1 Å². The summed E-state index contributed by atoms with van der Waals surface area (Å²) in [4.78, 5) is 21.2. The Bertz CT molecular complexity index is 1370. The van der Waals surface area contributed by atoms with Gasteiger partial charge in [0.15, 0.2) is 6.29 Å². The van der Waals surface area contributed by atoms with Crippen LogP contribution in [0.25, 0.3) is 10.9 Å². The minimum Gasteiger partial charge on any atom is -0.378 e. The topological polar surface area (TPSA) is 124 Å². The number of fused-ring (bicyclic) bond motifs is 1. The molecule has 2 N–H and O–H groups in total. The number of aromatic nitrogens is 2. The summed E-state index contributed by atoms with van der Waals surface area (Å²) >= 11 is 0. The van der Waals surface area contributed by atoms with Gasteiger partial charge in [0.05, 0.1) is 47.5 Å². The SMILES string of the molecule is COC(CNc1nc(NC(C)c2cc([N+](=O)[O-])cc(C(F)(F)F)c2)c2cc(N3CCOCC3)c(F)cc2n1)OC. The standard InChI is InChI=1S/C25H28F4N6O5/c1-14(15-8-16(25(27,28)29)10-17(9-15)35(36)37)31-23-18-11-21(34-4-6-40-7-5-34)19(26)12-20(18)32-24(33-23)30-13-22(38-2)39-3/h8-12,14,22H,4-7,13H2,1-3H3,(H2,30,31,32,33). The van der Waals surface area contributed by atoms with E-state index in [0.717, 1.165) is 12.1 Å². The molecule has 1 aliphatic rings. The van der Waals surface area contributed by atoms with E-state index in [1.54, 1.807) is 13.0 Å². The van der Waals surface area contributed by atoms with Gasteiger partial charge in [0.1, 0.15) is 11.6 Å². The summed E-state index contributed by atoms with van der Waals surface area (Å²) in [5.41, 5.74) is -1.32. The number of morpholine rings is 1.